The van der Waals surface area contributed by atoms with Crippen molar-refractivity contribution >= 4 is 37.5 Å². The summed E-state index contributed by atoms with van der Waals surface area (Å²) < 4.78 is 2.39. The number of fused-ring (bicyclic) bond motifs is 1. The smallest absolute Gasteiger partial charge is 0.0951 e. The minimum atomic E-state index is 0.669. The Hall–Kier alpha value is -0.450. The summed E-state index contributed by atoms with van der Waals surface area (Å²) in [5.41, 5.74) is 7.99. The fourth-order valence-corrected chi connectivity index (χ4v) is 3.33. The van der Waals surface area contributed by atoms with Crippen LogP contribution in [-0.4, -0.2) is 11.5 Å². The van der Waals surface area contributed by atoms with Gasteiger partial charge in [0.25, 0.3) is 0 Å². The Kier molecular flexibility index (Phi) is 3.38. The molecule has 15 heavy (non-hydrogen) atoms. The average Bonchev–Trinajstić information content (AvgIpc) is 2.59. The van der Waals surface area contributed by atoms with Gasteiger partial charge in [0, 0.05) is 10.9 Å². The second-order valence-electron chi connectivity index (χ2n) is 3.41. The van der Waals surface area contributed by atoms with Crippen molar-refractivity contribution < 1.29 is 0 Å². The summed E-state index contributed by atoms with van der Waals surface area (Å²) in [4.78, 5) is 4.63. The molecule has 0 bridgehead atoms. The number of aryl methyl sites for hydroxylation is 1. The number of aromatic nitrogens is 1. The van der Waals surface area contributed by atoms with Crippen molar-refractivity contribution in [1.29, 1.82) is 0 Å². The van der Waals surface area contributed by atoms with Crippen LogP contribution in [0.3, 0.4) is 0 Å². The van der Waals surface area contributed by atoms with E-state index in [0.29, 0.717) is 6.54 Å². The zero-order chi connectivity index (χ0) is 10.8. The van der Waals surface area contributed by atoms with E-state index in [1.54, 1.807) is 11.3 Å². The van der Waals surface area contributed by atoms with Crippen LogP contribution in [0.15, 0.2) is 16.6 Å². The van der Waals surface area contributed by atoms with Gasteiger partial charge in [0.05, 0.1) is 15.2 Å². The summed E-state index contributed by atoms with van der Waals surface area (Å²) in [6.45, 7) is 2.83. The minimum absolute atomic E-state index is 0.669. The predicted octanol–water partition coefficient (Wildman–Crippen LogP) is 3.12. The van der Waals surface area contributed by atoms with Gasteiger partial charge in [-0.25, -0.2) is 4.98 Å². The first kappa shape index (κ1) is 11.0. The molecule has 1 aromatic carbocycles. The van der Waals surface area contributed by atoms with Crippen molar-refractivity contribution in [3.05, 3.63) is 27.2 Å². The van der Waals surface area contributed by atoms with Gasteiger partial charge in [0.15, 0.2) is 0 Å². The molecule has 0 saturated heterocycles. The number of thiazole rings is 1. The molecule has 2 rings (SSSR count). The highest BCUT2D eigenvalue weighted by atomic mass is 79.9. The van der Waals surface area contributed by atoms with Gasteiger partial charge >= 0.3 is 0 Å². The van der Waals surface area contributed by atoms with Crippen LogP contribution < -0.4 is 5.73 Å². The fourth-order valence-electron chi connectivity index (χ4n) is 1.61. The van der Waals surface area contributed by atoms with Gasteiger partial charge in [-0.3, -0.25) is 0 Å². The van der Waals surface area contributed by atoms with Crippen LogP contribution >= 0.6 is 27.3 Å². The summed E-state index contributed by atoms with van der Waals surface area (Å²) in [7, 11) is 0. The standard InChI is InChI=1S/C11H13BrN2S/c1-2-7-5-8(12)6-9-11(7)14-10(15-9)3-4-13/h5-6H,2-4,13H2,1H3. The molecule has 0 unspecified atom stereocenters. The lowest BCUT2D eigenvalue weighted by Crippen LogP contribution is -2.01. The highest BCUT2D eigenvalue weighted by Gasteiger charge is 2.08. The van der Waals surface area contributed by atoms with E-state index in [0.717, 1.165) is 27.8 Å². The average molecular weight is 285 g/mol. The maximum absolute atomic E-state index is 5.54. The maximum Gasteiger partial charge on any atom is 0.0951 e. The van der Waals surface area contributed by atoms with Crippen LogP contribution in [0.1, 0.15) is 17.5 Å². The van der Waals surface area contributed by atoms with E-state index in [1.807, 2.05) is 0 Å². The molecule has 0 fully saturated rings. The fraction of sp³-hybridized carbons (Fsp3) is 0.364. The third-order valence-electron chi connectivity index (χ3n) is 2.32. The number of hydrogen-bond acceptors (Lipinski definition) is 3. The SMILES string of the molecule is CCc1cc(Br)cc2sc(CCN)nc12. The third-order valence-corrected chi connectivity index (χ3v) is 3.84. The topological polar surface area (TPSA) is 38.9 Å². The van der Waals surface area contributed by atoms with Crippen molar-refractivity contribution in [2.24, 2.45) is 5.73 Å². The number of halogens is 1. The number of rotatable bonds is 3. The quantitative estimate of drug-likeness (QED) is 0.941. The molecular formula is C11H13BrN2S. The molecule has 4 heteroatoms. The van der Waals surface area contributed by atoms with E-state index in [1.165, 1.54) is 10.3 Å². The number of benzene rings is 1. The Morgan fingerprint density at radius 1 is 1.47 bits per heavy atom. The van der Waals surface area contributed by atoms with Gasteiger partial charge in [0.2, 0.25) is 0 Å². The zero-order valence-electron chi connectivity index (χ0n) is 8.59. The van der Waals surface area contributed by atoms with E-state index < -0.39 is 0 Å². The Bertz CT molecular complexity index is 479. The highest BCUT2D eigenvalue weighted by Crippen LogP contribution is 2.29. The van der Waals surface area contributed by atoms with Crippen LogP contribution in [0.25, 0.3) is 10.2 Å². The first-order valence-electron chi connectivity index (χ1n) is 5.02. The third kappa shape index (κ3) is 2.22. The van der Waals surface area contributed by atoms with Crippen LogP contribution in [0.4, 0.5) is 0 Å². The molecule has 2 nitrogen and oxygen atoms in total. The molecule has 0 saturated carbocycles. The molecule has 0 amide bonds. The number of nitrogens with zero attached hydrogens (tertiary/aromatic N) is 1. The minimum Gasteiger partial charge on any atom is -0.330 e. The summed E-state index contributed by atoms with van der Waals surface area (Å²) in [5.74, 6) is 0. The lowest BCUT2D eigenvalue weighted by atomic mass is 10.1. The van der Waals surface area contributed by atoms with E-state index in [-0.39, 0.29) is 0 Å². The predicted molar refractivity (Wildman–Crippen MR) is 69.5 cm³/mol. The Morgan fingerprint density at radius 2 is 2.27 bits per heavy atom. The van der Waals surface area contributed by atoms with Gasteiger partial charge in [-0.1, -0.05) is 22.9 Å². The van der Waals surface area contributed by atoms with Crippen LogP contribution in [0, 0.1) is 0 Å². The lowest BCUT2D eigenvalue weighted by molar-refractivity contribution is 0.956. The molecular weight excluding hydrogens is 272 g/mol. The van der Waals surface area contributed by atoms with E-state index >= 15 is 0 Å². The van der Waals surface area contributed by atoms with Crippen molar-refractivity contribution in [1.82, 2.24) is 4.98 Å². The largest absolute Gasteiger partial charge is 0.330 e. The molecule has 0 atom stereocenters. The second-order valence-corrected chi connectivity index (χ2v) is 5.44. The van der Waals surface area contributed by atoms with Crippen molar-refractivity contribution in [2.45, 2.75) is 19.8 Å². The second kappa shape index (κ2) is 4.60. The Balaban J connectivity index is 2.58. The molecule has 0 radical (unpaired) electrons. The summed E-state index contributed by atoms with van der Waals surface area (Å²) in [6, 6.07) is 4.28. The molecule has 80 valence electrons. The molecule has 0 spiro atoms. The molecule has 0 aliphatic heterocycles. The van der Waals surface area contributed by atoms with Crippen molar-refractivity contribution in [3.63, 3.8) is 0 Å². The number of nitrogens with two attached hydrogens (primary N) is 1. The molecule has 0 aliphatic carbocycles. The summed E-state index contributed by atoms with van der Waals surface area (Å²) in [5, 5.41) is 1.14. The first-order chi connectivity index (χ1) is 7.24. The zero-order valence-corrected chi connectivity index (χ0v) is 11.0. The van der Waals surface area contributed by atoms with E-state index in [4.69, 9.17) is 5.73 Å². The molecule has 2 N–H and O–H groups in total. The molecule has 1 aromatic heterocycles. The first-order valence-corrected chi connectivity index (χ1v) is 6.63. The summed E-state index contributed by atoms with van der Waals surface area (Å²) >= 11 is 5.27. The summed E-state index contributed by atoms with van der Waals surface area (Å²) in [6.07, 6.45) is 1.89. The van der Waals surface area contributed by atoms with E-state index in [2.05, 4.69) is 40.0 Å². The monoisotopic (exact) mass is 284 g/mol. The highest BCUT2D eigenvalue weighted by molar-refractivity contribution is 9.10. The molecule has 0 aliphatic rings. The van der Waals surface area contributed by atoms with Gasteiger partial charge in [-0.15, -0.1) is 11.3 Å². The lowest BCUT2D eigenvalue weighted by Gasteiger charge is -1.98. The Labute approximate surface area is 102 Å². The van der Waals surface area contributed by atoms with E-state index in [9.17, 15) is 0 Å². The van der Waals surface area contributed by atoms with Gasteiger partial charge in [0.1, 0.15) is 0 Å². The number of hydrogen-bond donors (Lipinski definition) is 1. The van der Waals surface area contributed by atoms with Crippen LogP contribution in [-0.2, 0) is 12.8 Å². The van der Waals surface area contributed by atoms with Crippen LogP contribution in [0.2, 0.25) is 0 Å². The van der Waals surface area contributed by atoms with Gasteiger partial charge in [-0.2, -0.15) is 0 Å². The van der Waals surface area contributed by atoms with Crippen molar-refractivity contribution in [3.8, 4) is 0 Å². The van der Waals surface area contributed by atoms with Crippen molar-refractivity contribution in [2.75, 3.05) is 6.54 Å². The molecule has 1 heterocycles. The van der Waals surface area contributed by atoms with Gasteiger partial charge < -0.3 is 5.73 Å². The normalized spacial score (nSPS) is 11.1. The van der Waals surface area contributed by atoms with Crippen LogP contribution in [0.5, 0.6) is 0 Å². The molecule has 2 aromatic rings. The maximum atomic E-state index is 5.54. The van der Waals surface area contributed by atoms with Gasteiger partial charge in [-0.05, 0) is 30.7 Å². The Morgan fingerprint density at radius 3 is 2.93 bits per heavy atom.